The molecule has 0 saturated carbocycles. The largest absolute Gasteiger partial charge is 0.472 e. The summed E-state index contributed by atoms with van der Waals surface area (Å²) < 4.78 is 33.6. The predicted octanol–water partition coefficient (Wildman–Crippen LogP) is 16.5. The van der Waals surface area contributed by atoms with Crippen molar-refractivity contribution in [2.45, 2.75) is 245 Å². The van der Waals surface area contributed by atoms with Crippen molar-refractivity contribution in [1.82, 2.24) is 0 Å². The van der Waals surface area contributed by atoms with E-state index >= 15 is 0 Å². The molecule has 0 aromatic heterocycles. The summed E-state index contributed by atoms with van der Waals surface area (Å²) in [7, 11) is -4.29. The summed E-state index contributed by atoms with van der Waals surface area (Å²) in [5, 5.41) is 0. The smallest absolute Gasteiger partial charge is 0.457 e. The highest BCUT2D eigenvalue weighted by Crippen LogP contribution is 2.43. The molecule has 0 aliphatic rings. The van der Waals surface area contributed by atoms with Crippen molar-refractivity contribution in [3.63, 3.8) is 0 Å². The number of phosphoric acid groups is 1. The molecular weight excluding hydrogens is 806 g/mol. The number of nitrogens with two attached hydrogens (primary N) is 1. The second-order valence-electron chi connectivity index (χ2n) is 17.4. The summed E-state index contributed by atoms with van der Waals surface area (Å²) in [4.78, 5) is 22.6. The van der Waals surface area contributed by atoms with Crippen LogP contribution in [0.4, 0.5) is 0 Å². The fraction of sp³-hybridized carbons (Fsp3) is 0.796. The summed E-state index contributed by atoms with van der Waals surface area (Å²) >= 11 is 0. The second kappa shape index (κ2) is 51.2. The lowest BCUT2D eigenvalue weighted by molar-refractivity contribution is -0.154. The van der Waals surface area contributed by atoms with Gasteiger partial charge < -0.3 is 20.1 Å². The van der Waals surface area contributed by atoms with Crippen LogP contribution in [0, 0.1) is 0 Å². The summed E-state index contributed by atoms with van der Waals surface area (Å²) in [5.74, 6) is -0.333. The quantitative estimate of drug-likeness (QED) is 0.0268. The highest BCUT2D eigenvalue weighted by atomic mass is 31.2. The molecule has 368 valence electrons. The van der Waals surface area contributed by atoms with Crippen LogP contribution in [0.1, 0.15) is 239 Å². The van der Waals surface area contributed by atoms with Gasteiger partial charge in [-0.3, -0.25) is 13.8 Å². The van der Waals surface area contributed by atoms with Gasteiger partial charge in [0, 0.05) is 19.6 Å². The maximum Gasteiger partial charge on any atom is 0.472 e. The number of esters is 1. The third kappa shape index (κ3) is 51.1. The number of unbranched alkanes of at least 4 members (excludes halogenated alkanes) is 27. The van der Waals surface area contributed by atoms with E-state index in [0.717, 1.165) is 57.8 Å². The SMILES string of the molecule is CC/C=C\C/C=C\C/C=C\C/C=C\CCCCCCCCCCCCCCC(=O)OC(COCCCCCCCCCC/C=C\CCCCCCCCC)COP(=O)(O)OCCN. The fourth-order valence-corrected chi connectivity index (χ4v) is 8.10. The van der Waals surface area contributed by atoms with Crippen LogP contribution < -0.4 is 5.73 Å². The van der Waals surface area contributed by atoms with Crippen LogP contribution in [0.25, 0.3) is 0 Å². The van der Waals surface area contributed by atoms with Crippen LogP contribution in [-0.4, -0.2) is 49.9 Å². The van der Waals surface area contributed by atoms with Crippen LogP contribution >= 0.6 is 7.82 Å². The van der Waals surface area contributed by atoms with E-state index in [4.69, 9.17) is 24.3 Å². The molecule has 2 atom stereocenters. The van der Waals surface area contributed by atoms with Gasteiger partial charge in [0.15, 0.2) is 0 Å². The van der Waals surface area contributed by atoms with E-state index in [9.17, 15) is 14.3 Å². The standard InChI is InChI=1S/C54H100NO7P/c1-3-5-7-9-11-13-15-17-19-21-23-24-25-26-27-28-29-31-33-35-37-39-41-43-45-47-54(56)62-53(52-61-63(57,58)60-50-48-55)51-59-49-46-44-42-40-38-36-34-32-30-22-20-18-16-14-12-10-8-6-4-2/h5,7,11,13,17,19-20,22-24,53H,3-4,6,8-10,12,14-16,18,21,25-52,55H2,1-2H3,(H,57,58)/b7-5-,13-11-,19-17-,22-20-,24-23-. The molecule has 0 amide bonds. The average molecular weight is 906 g/mol. The molecule has 0 radical (unpaired) electrons. The highest BCUT2D eigenvalue weighted by Gasteiger charge is 2.25. The average Bonchev–Trinajstić information content (AvgIpc) is 3.28. The maximum atomic E-state index is 12.7. The first-order chi connectivity index (χ1) is 30.9. The topological polar surface area (TPSA) is 117 Å². The number of rotatable bonds is 50. The number of ether oxygens (including phenoxy) is 2. The molecule has 0 spiro atoms. The Labute approximate surface area is 389 Å². The normalized spacial score (nSPS) is 13.8. The highest BCUT2D eigenvalue weighted by molar-refractivity contribution is 7.47. The molecule has 0 aliphatic heterocycles. The Morgan fingerprint density at radius 1 is 0.492 bits per heavy atom. The van der Waals surface area contributed by atoms with E-state index in [1.54, 1.807) is 0 Å². The van der Waals surface area contributed by atoms with Gasteiger partial charge in [0.25, 0.3) is 0 Å². The molecule has 3 N–H and O–H groups in total. The van der Waals surface area contributed by atoms with E-state index in [-0.39, 0.29) is 32.3 Å². The Bertz CT molecular complexity index is 1150. The van der Waals surface area contributed by atoms with Gasteiger partial charge in [-0.05, 0) is 77.0 Å². The number of allylic oxidation sites excluding steroid dienone is 10. The first-order valence-corrected chi connectivity index (χ1v) is 27.8. The number of hydrogen-bond acceptors (Lipinski definition) is 7. The second-order valence-corrected chi connectivity index (χ2v) is 18.8. The van der Waals surface area contributed by atoms with Gasteiger partial charge >= 0.3 is 13.8 Å². The van der Waals surface area contributed by atoms with E-state index in [1.165, 1.54) is 161 Å². The molecule has 0 fully saturated rings. The van der Waals surface area contributed by atoms with Gasteiger partial charge in [0.05, 0.1) is 19.8 Å². The molecule has 9 heteroatoms. The Hall–Kier alpha value is -1.80. The Kier molecular flexibility index (Phi) is 49.7. The third-order valence-corrected chi connectivity index (χ3v) is 12.2. The van der Waals surface area contributed by atoms with E-state index in [2.05, 4.69) is 74.6 Å². The minimum atomic E-state index is -4.29. The molecule has 8 nitrogen and oxygen atoms in total. The predicted molar refractivity (Wildman–Crippen MR) is 270 cm³/mol. The molecule has 0 heterocycles. The van der Waals surface area contributed by atoms with Gasteiger partial charge in [0.1, 0.15) is 6.10 Å². The van der Waals surface area contributed by atoms with Crippen molar-refractivity contribution < 1.29 is 32.8 Å². The number of hydrogen-bond donors (Lipinski definition) is 2. The van der Waals surface area contributed by atoms with Crippen LogP contribution in [-0.2, 0) is 27.9 Å². The molecule has 0 saturated heterocycles. The molecule has 0 aliphatic carbocycles. The van der Waals surface area contributed by atoms with Crippen molar-refractivity contribution in [1.29, 1.82) is 0 Å². The summed E-state index contributed by atoms with van der Waals surface area (Å²) in [5.41, 5.74) is 5.39. The number of carbonyl (C=O) groups is 1. The van der Waals surface area contributed by atoms with Crippen LogP contribution in [0.5, 0.6) is 0 Å². The Morgan fingerprint density at radius 2 is 0.889 bits per heavy atom. The summed E-state index contributed by atoms with van der Waals surface area (Å²) in [6, 6.07) is 0. The van der Waals surface area contributed by atoms with Crippen molar-refractivity contribution in [3.8, 4) is 0 Å². The van der Waals surface area contributed by atoms with E-state index < -0.39 is 13.9 Å². The van der Waals surface area contributed by atoms with Crippen LogP contribution in [0.15, 0.2) is 60.8 Å². The van der Waals surface area contributed by atoms with E-state index in [1.807, 2.05) is 0 Å². The van der Waals surface area contributed by atoms with E-state index in [0.29, 0.717) is 13.0 Å². The first kappa shape index (κ1) is 61.2. The molecule has 0 bridgehead atoms. The van der Waals surface area contributed by atoms with Gasteiger partial charge in [-0.25, -0.2) is 4.57 Å². The first-order valence-electron chi connectivity index (χ1n) is 26.3. The zero-order valence-corrected chi connectivity index (χ0v) is 42.0. The van der Waals surface area contributed by atoms with Crippen molar-refractivity contribution in [3.05, 3.63) is 60.8 Å². The lowest BCUT2D eigenvalue weighted by atomic mass is 10.0. The lowest BCUT2D eigenvalue weighted by Crippen LogP contribution is -2.28. The third-order valence-electron chi connectivity index (χ3n) is 11.2. The molecule has 0 aromatic rings. The van der Waals surface area contributed by atoms with Crippen LogP contribution in [0.2, 0.25) is 0 Å². The molecule has 0 rings (SSSR count). The zero-order chi connectivity index (χ0) is 45.8. The molecule has 63 heavy (non-hydrogen) atoms. The fourth-order valence-electron chi connectivity index (χ4n) is 7.34. The molecule has 0 aromatic carbocycles. The summed E-state index contributed by atoms with van der Waals surface area (Å²) in [6.07, 6.45) is 64.0. The zero-order valence-electron chi connectivity index (χ0n) is 41.1. The van der Waals surface area contributed by atoms with Crippen molar-refractivity contribution in [2.75, 3.05) is 33.0 Å². The number of carbonyl (C=O) groups excluding carboxylic acids is 1. The summed E-state index contributed by atoms with van der Waals surface area (Å²) in [6.45, 7) is 4.83. The van der Waals surface area contributed by atoms with Crippen molar-refractivity contribution in [2.24, 2.45) is 5.73 Å². The van der Waals surface area contributed by atoms with Gasteiger partial charge in [-0.1, -0.05) is 216 Å². The Morgan fingerprint density at radius 3 is 1.35 bits per heavy atom. The minimum Gasteiger partial charge on any atom is -0.457 e. The maximum absolute atomic E-state index is 12.7. The number of phosphoric ester groups is 1. The molecule has 2 unspecified atom stereocenters. The monoisotopic (exact) mass is 906 g/mol. The Balaban J connectivity index is 3.93. The molecular formula is C54H100NO7P. The lowest BCUT2D eigenvalue weighted by Gasteiger charge is -2.20. The van der Waals surface area contributed by atoms with Gasteiger partial charge in [-0.15, -0.1) is 0 Å². The van der Waals surface area contributed by atoms with Gasteiger partial charge in [-0.2, -0.15) is 0 Å². The minimum absolute atomic E-state index is 0.0975. The van der Waals surface area contributed by atoms with Crippen LogP contribution in [0.3, 0.4) is 0 Å². The van der Waals surface area contributed by atoms with Gasteiger partial charge in [0.2, 0.25) is 0 Å². The van der Waals surface area contributed by atoms with Crippen molar-refractivity contribution >= 4 is 13.8 Å².